The van der Waals surface area contributed by atoms with Crippen LogP contribution in [0.15, 0.2) is 36.7 Å². The van der Waals surface area contributed by atoms with Crippen molar-refractivity contribution in [1.82, 2.24) is 4.98 Å². The van der Waals surface area contributed by atoms with Crippen molar-refractivity contribution >= 4 is 29.2 Å². The minimum absolute atomic E-state index is 0.0918. The van der Waals surface area contributed by atoms with Gasteiger partial charge in [0.15, 0.2) is 0 Å². The number of ether oxygens (including phenoxy) is 1. The van der Waals surface area contributed by atoms with E-state index in [9.17, 15) is 14.0 Å². The number of aromatic nitrogens is 1. The summed E-state index contributed by atoms with van der Waals surface area (Å²) in [5.41, 5.74) is 0.165. The molecule has 0 radical (unpaired) electrons. The summed E-state index contributed by atoms with van der Waals surface area (Å²) in [6.45, 7) is 0. The maximum atomic E-state index is 13.2. The lowest BCUT2D eigenvalue weighted by Crippen LogP contribution is -2.16. The molecule has 1 aromatic carbocycles. The lowest BCUT2D eigenvalue weighted by atomic mass is 10.1. The first-order valence-corrected chi connectivity index (χ1v) is 6.19. The minimum Gasteiger partial charge on any atom is -0.465 e. The fourth-order valence-electron chi connectivity index (χ4n) is 1.64. The van der Waals surface area contributed by atoms with Crippen molar-refractivity contribution in [3.8, 4) is 0 Å². The molecule has 2 aromatic rings. The SMILES string of the molecule is COC(=O)c1cc(F)ccc1NC(=O)c1cnccc1Cl. The highest BCUT2D eigenvalue weighted by atomic mass is 35.5. The van der Waals surface area contributed by atoms with Crippen molar-refractivity contribution in [2.75, 3.05) is 12.4 Å². The van der Waals surface area contributed by atoms with Gasteiger partial charge in [0.05, 0.1) is 28.9 Å². The van der Waals surface area contributed by atoms with Crippen LogP contribution in [0.4, 0.5) is 10.1 Å². The smallest absolute Gasteiger partial charge is 0.340 e. The molecule has 21 heavy (non-hydrogen) atoms. The maximum Gasteiger partial charge on any atom is 0.340 e. The van der Waals surface area contributed by atoms with Crippen LogP contribution in [-0.2, 0) is 4.74 Å². The second-order valence-electron chi connectivity index (χ2n) is 3.99. The summed E-state index contributed by atoms with van der Waals surface area (Å²) in [5.74, 6) is -1.94. The van der Waals surface area contributed by atoms with E-state index in [0.717, 1.165) is 19.2 Å². The first kappa shape index (κ1) is 14.9. The lowest BCUT2D eigenvalue weighted by molar-refractivity contribution is 0.0601. The van der Waals surface area contributed by atoms with Crippen LogP contribution in [0.3, 0.4) is 0 Å². The predicted octanol–water partition coefficient (Wildman–Crippen LogP) is 2.91. The summed E-state index contributed by atoms with van der Waals surface area (Å²) in [6, 6.07) is 4.82. The van der Waals surface area contributed by atoms with Gasteiger partial charge in [-0.1, -0.05) is 11.6 Å². The molecule has 1 aromatic heterocycles. The molecule has 7 heteroatoms. The number of rotatable bonds is 3. The van der Waals surface area contributed by atoms with Crippen LogP contribution in [0.25, 0.3) is 0 Å². The van der Waals surface area contributed by atoms with Crippen molar-refractivity contribution in [3.05, 3.63) is 58.6 Å². The van der Waals surface area contributed by atoms with E-state index in [1.54, 1.807) is 0 Å². The van der Waals surface area contributed by atoms with Crippen LogP contribution in [0, 0.1) is 5.82 Å². The van der Waals surface area contributed by atoms with Crippen LogP contribution >= 0.6 is 11.6 Å². The number of hydrogen-bond acceptors (Lipinski definition) is 4. The molecule has 108 valence electrons. The highest BCUT2D eigenvalue weighted by molar-refractivity contribution is 6.34. The number of amides is 1. The lowest BCUT2D eigenvalue weighted by Gasteiger charge is -2.10. The van der Waals surface area contributed by atoms with Gasteiger partial charge in [0.25, 0.3) is 5.91 Å². The predicted molar refractivity (Wildman–Crippen MR) is 74.9 cm³/mol. The molecule has 0 aliphatic heterocycles. The Morgan fingerprint density at radius 3 is 2.71 bits per heavy atom. The normalized spacial score (nSPS) is 10.0. The average Bonchev–Trinajstić information content (AvgIpc) is 2.48. The van der Waals surface area contributed by atoms with E-state index in [1.807, 2.05) is 0 Å². The number of benzene rings is 1. The number of carbonyl (C=O) groups is 2. The molecule has 0 aliphatic carbocycles. The summed E-state index contributed by atoms with van der Waals surface area (Å²) in [4.78, 5) is 27.5. The quantitative estimate of drug-likeness (QED) is 0.885. The Hall–Kier alpha value is -2.47. The highest BCUT2D eigenvalue weighted by Crippen LogP contribution is 2.21. The van der Waals surface area contributed by atoms with Crippen LogP contribution in [0.1, 0.15) is 20.7 Å². The van der Waals surface area contributed by atoms with E-state index >= 15 is 0 Å². The number of nitrogens with zero attached hydrogens (tertiary/aromatic N) is 1. The monoisotopic (exact) mass is 308 g/mol. The van der Waals surface area contributed by atoms with E-state index in [4.69, 9.17) is 11.6 Å². The van der Waals surface area contributed by atoms with Gasteiger partial charge in [0.2, 0.25) is 0 Å². The second kappa shape index (κ2) is 6.32. The number of anilines is 1. The average molecular weight is 309 g/mol. The molecule has 5 nitrogen and oxygen atoms in total. The molecule has 0 spiro atoms. The van der Waals surface area contributed by atoms with E-state index < -0.39 is 17.7 Å². The van der Waals surface area contributed by atoms with Gasteiger partial charge in [-0.2, -0.15) is 0 Å². The van der Waals surface area contributed by atoms with Crippen molar-refractivity contribution in [1.29, 1.82) is 0 Å². The molecule has 0 atom stereocenters. The van der Waals surface area contributed by atoms with Gasteiger partial charge in [0.1, 0.15) is 5.82 Å². The van der Waals surface area contributed by atoms with Gasteiger partial charge in [-0.3, -0.25) is 9.78 Å². The van der Waals surface area contributed by atoms with Crippen LogP contribution in [-0.4, -0.2) is 24.0 Å². The third-order valence-electron chi connectivity index (χ3n) is 2.65. The van der Waals surface area contributed by atoms with E-state index in [-0.39, 0.29) is 21.8 Å². The first-order valence-electron chi connectivity index (χ1n) is 5.81. The molecule has 1 N–H and O–H groups in total. The molecule has 0 unspecified atom stereocenters. The van der Waals surface area contributed by atoms with Crippen LogP contribution < -0.4 is 5.32 Å². The molecule has 1 amide bonds. The number of hydrogen-bond donors (Lipinski definition) is 1. The largest absolute Gasteiger partial charge is 0.465 e. The summed E-state index contributed by atoms with van der Waals surface area (Å²) in [7, 11) is 1.16. The Kier molecular flexibility index (Phi) is 4.49. The van der Waals surface area contributed by atoms with Crippen LogP contribution in [0.2, 0.25) is 5.02 Å². The van der Waals surface area contributed by atoms with Gasteiger partial charge in [-0.05, 0) is 24.3 Å². The van der Waals surface area contributed by atoms with E-state index in [1.165, 1.54) is 24.5 Å². The molecule has 0 saturated heterocycles. The van der Waals surface area contributed by atoms with E-state index in [0.29, 0.717) is 0 Å². The molecular weight excluding hydrogens is 299 g/mol. The summed E-state index contributed by atoms with van der Waals surface area (Å²) in [6.07, 6.45) is 2.73. The Morgan fingerprint density at radius 2 is 2.05 bits per heavy atom. The third-order valence-corrected chi connectivity index (χ3v) is 2.98. The Labute approximate surface area is 124 Å². The molecule has 0 saturated carbocycles. The molecule has 1 heterocycles. The minimum atomic E-state index is -0.762. The standard InChI is InChI=1S/C14H10ClFN2O3/c1-21-14(20)9-6-8(16)2-3-12(9)18-13(19)10-7-17-5-4-11(10)15/h2-7H,1H3,(H,18,19). The number of halogens is 2. The topological polar surface area (TPSA) is 68.3 Å². The summed E-state index contributed by atoms with van der Waals surface area (Å²) < 4.78 is 17.8. The molecular formula is C14H10ClFN2O3. The second-order valence-corrected chi connectivity index (χ2v) is 4.40. The zero-order valence-corrected chi connectivity index (χ0v) is 11.6. The number of methoxy groups -OCH3 is 1. The Morgan fingerprint density at radius 1 is 1.29 bits per heavy atom. The zero-order chi connectivity index (χ0) is 15.4. The fraction of sp³-hybridized carbons (Fsp3) is 0.0714. The zero-order valence-electron chi connectivity index (χ0n) is 10.9. The molecule has 0 bridgehead atoms. The van der Waals surface area contributed by atoms with Crippen LogP contribution in [0.5, 0.6) is 0 Å². The summed E-state index contributed by atoms with van der Waals surface area (Å²) in [5, 5.41) is 2.69. The maximum absolute atomic E-state index is 13.2. The molecule has 2 rings (SSSR count). The molecule has 0 fully saturated rings. The first-order chi connectivity index (χ1) is 10.0. The fourth-order valence-corrected chi connectivity index (χ4v) is 1.83. The molecule has 0 aliphatic rings. The summed E-state index contributed by atoms with van der Waals surface area (Å²) >= 11 is 5.89. The van der Waals surface area contributed by atoms with E-state index in [2.05, 4.69) is 15.0 Å². The number of esters is 1. The third kappa shape index (κ3) is 3.35. The van der Waals surface area contributed by atoms with Gasteiger partial charge in [-0.15, -0.1) is 0 Å². The highest BCUT2D eigenvalue weighted by Gasteiger charge is 2.17. The number of pyridine rings is 1. The van der Waals surface area contributed by atoms with Crippen molar-refractivity contribution in [2.45, 2.75) is 0 Å². The number of carbonyl (C=O) groups excluding carboxylic acids is 2. The Bertz CT molecular complexity index is 706. The van der Waals surface area contributed by atoms with Gasteiger partial charge < -0.3 is 10.1 Å². The van der Waals surface area contributed by atoms with Crippen molar-refractivity contribution < 1.29 is 18.7 Å². The van der Waals surface area contributed by atoms with Gasteiger partial charge in [0, 0.05) is 12.4 Å². The van der Waals surface area contributed by atoms with Crippen molar-refractivity contribution in [3.63, 3.8) is 0 Å². The number of nitrogens with one attached hydrogen (secondary N) is 1. The van der Waals surface area contributed by atoms with Gasteiger partial charge >= 0.3 is 5.97 Å². The van der Waals surface area contributed by atoms with Gasteiger partial charge in [-0.25, -0.2) is 9.18 Å². The Balaban J connectivity index is 2.34. The van der Waals surface area contributed by atoms with Crippen molar-refractivity contribution in [2.24, 2.45) is 0 Å².